The predicted molar refractivity (Wildman–Crippen MR) is 99.0 cm³/mol. The Bertz CT molecular complexity index is 822. The second kappa shape index (κ2) is 10.0. The van der Waals surface area contributed by atoms with Crippen molar-refractivity contribution in [2.45, 2.75) is 38.9 Å². The number of halogens is 1. The van der Waals surface area contributed by atoms with Crippen LogP contribution in [0.5, 0.6) is 0 Å². The molecule has 2 aromatic rings. The van der Waals surface area contributed by atoms with Crippen molar-refractivity contribution >= 4 is 23.7 Å². The Balaban J connectivity index is 1.88. The monoisotopic (exact) mass is 391 g/mol. The molecule has 0 aliphatic carbocycles. The summed E-state index contributed by atoms with van der Waals surface area (Å²) in [7, 11) is 0. The fraction of sp³-hybridized carbons (Fsp3) is 0.333. The maximum atomic E-state index is 12.9. The van der Waals surface area contributed by atoms with Gasteiger partial charge in [0, 0.05) is 18.8 Å². The van der Waals surface area contributed by atoms with E-state index in [-0.39, 0.29) is 24.7 Å². The Morgan fingerprint density at radius 2 is 1.93 bits per heavy atom. The predicted octanol–water partition coefficient (Wildman–Crippen LogP) is 1.71. The number of amides is 3. The van der Waals surface area contributed by atoms with E-state index in [0.29, 0.717) is 12.8 Å². The number of carbonyl (C=O) groups excluding carboxylic acids is 2. The molecule has 4 N–H and O–H groups in total. The molecule has 1 aromatic heterocycles. The molecule has 28 heavy (non-hydrogen) atoms. The molecule has 150 valence electrons. The second-order valence-electron chi connectivity index (χ2n) is 6.08. The van der Waals surface area contributed by atoms with E-state index >= 15 is 0 Å². The number of anilines is 1. The Hall–Kier alpha value is -3.43. The number of nitrogens with one attached hydrogen (secondary N) is 3. The summed E-state index contributed by atoms with van der Waals surface area (Å²) in [5, 5.41) is 20.4. The summed E-state index contributed by atoms with van der Waals surface area (Å²) in [6.07, 6.45) is 2.50. The number of aromatic nitrogens is 2. The maximum absolute atomic E-state index is 12.9. The van der Waals surface area contributed by atoms with Gasteiger partial charge < -0.3 is 21.1 Å². The van der Waals surface area contributed by atoms with Gasteiger partial charge in [-0.2, -0.15) is 5.10 Å². The highest BCUT2D eigenvalue weighted by Crippen LogP contribution is 2.06. The standard InChI is InChI=1S/C18H22FN5O4/c1-2-3-14(17(27)22-15-8-9-24(23-15)11-16(25)26)21-18(28)20-10-12-4-6-13(19)7-5-12/h4-9,14H,2-3,10-11H2,1H3,(H,25,26)(H2,20,21,28)(H,22,23,27). The maximum Gasteiger partial charge on any atom is 0.325 e. The molecule has 1 atom stereocenters. The highest BCUT2D eigenvalue weighted by Gasteiger charge is 2.20. The number of hydrogen-bond acceptors (Lipinski definition) is 4. The molecule has 10 heteroatoms. The van der Waals surface area contributed by atoms with Crippen molar-refractivity contribution < 1.29 is 23.9 Å². The lowest BCUT2D eigenvalue weighted by atomic mass is 10.1. The Kier molecular flexibility index (Phi) is 7.49. The molecule has 1 unspecified atom stereocenters. The first-order chi connectivity index (χ1) is 13.4. The van der Waals surface area contributed by atoms with Crippen LogP contribution in [0, 0.1) is 5.82 Å². The van der Waals surface area contributed by atoms with Crippen molar-refractivity contribution in [1.82, 2.24) is 20.4 Å². The first kappa shape index (κ1) is 20.9. The lowest BCUT2D eigenvalue weighted by molar-refractivity contribution is -0.137. The van der Waals surface area contributed by atoms with Gasteiger partial charge >= 0.3 is 12.0 Å². The molecule has 0 aliphatic rings. The quantitative estimate of drug-likeness (QED) is 0.518. The molecule has 0 saturated carbocycles. The summed E-state index contributed by atoms with van der Waals surface area (Å²) in [5.74, 6) is -1.68. The van der Waals surface area contributed by atoms with Crippen LogP contribution >= 0.6 is 0 Å². The highest BCUT2D eigenvalue weighted by atomic mass is 19.1. The highest BCUT2D eigenvalue weighted by molar-refractivity contribution is 5.96. The summed E-state index contributed by atoms with van der Waals surface area (Å²) < 4.78 is 14.1. The van der Waals surface area contributed by atoms with E-state index in [4.69, 9.17) is 5.11 Å². The van der Waals surface area contributed by atoms with Gasteiger partial charge in [-0.15, -0.1) is 0 Å². The third-order valence-corrected chi connectivity index (χ3v) is 3.75. The number of rotatable bonds is 9. The third kappa shape index (κ3) is 6.71. The van der Waals surface area contributed by atoms with Crippen LogP contribution < -0.4 is 16.0 Å². The molecule has 9 nitrogen and oxygen atoms in total. The van der Waals surface area contributed by atoms with E-state index in [1.165, 1.54) is 29.1 Å². The zero-order chi connectivity index (χ0) is 20.5. The number of nitrogens with zero attached hydrogens (tertiary/aromatic N) is 2. The van der Waals surface area contributed by atoms with Crippen LogP contribution in [-0.4, -0.2) is 38.8 Å². The van der Waals surface area contributed by atoms with E-state index in [2.05, 4.69) is 21.0 Å². The van der Waals surface area contributed by atoms with E-state index < -0.39 is 23.9 Å². The van der Waals surface area contributed by atoms with Gasteiger partial charge in [-0.1, -0.05) is 25.5 Å². The summed E-state index contributed by atoms with van der Waals surface area (Å²) in [6, 6.07) is 5.85. The summed E-state index contributed by atoms with van der Waals surface area (Å²) in [6.45, 7) is 1.74. The molecule has 1 aromatic carbocycles. The normalized spacial score (nSPS) is 11.5. The number of aliphatic carboxylic acids is 1. The minimum atomic E-state index is -1.05. The Morgan fingerprint density at radius 1 is 1.21 bits per heavy atom. The van der Waals surface area contributed by atoms with Crippen LogP contribution in [0.25, 0.3) is 0 Å². The SMILES string of the molecule is CCCC(NC(=O)NCc1ccc(F)cc1)C(=O)Nc1ccn(CC(=O)O)n1. The molecule has 0 spiro atoms. The third-order valence-electron chi connectivity index (χ3n) is 3.75. The molecular weight excluding hydrogens is 369 g/mol. The van der Waals surface area contributed by atoms with Crippen LogP contribution in [0.1, 0.15) is 25.3 Å². The topological polar surface area (TPSA) is 125 Å². The minimum Gasteiger partial charge on any atom is -0.480 e. The van der Waals surface area contributed by atoms with Gasteiger partial charge in [-0.3, -0.25) is 14.3 Å². The van der Waals surface area contributed by atoms with Gasteiger partial charge in [0.1, 0.15) is 18.4 Å². The first-order valence-corrected chi connectivity index (χ1v) is 8.72. The number of carbonyl (C=O) groups is 3. The molecule has 0 fully saturated rings. The Morgan fingerprint density at radius 3 is 2.57 bits per heavy atom. The van der Waals surface area contributed by atoms with Crippen molar-refractivity contribution in [2.75, 3.05) is 5.32 Å². The van der Waals surface area contributed by atoms with Gasteiger partial charge in [0.2, 0.25) is 5.91 Å². The van der Waals surface area contributed by atoms with E-state index in [9.17, 15) is 18.8 Å². The van der Waals surface area contributed by atoms with Crippen molar-refractivity contribution in [3.05, 3.63) is 47.9 Å². The number of carboxylic acid groups (broad SMARTS) is 1. The van der Waals surface area contributed by atoms with Crippen LogP contribution in [0.3, 0.4) is 0 Å². The van der Waals surface area contributed by atoms with Crippen molar-refractivity contribution in [1.29, 1.82) is 0 Å². The van der Waals surface area contributed by atoms with E-state index in [1.807, 2.05) is 6.92 Å². The fourth-order valence-corrected chi connectivity index (χ4v) is 2.42. The lowest BCUT2D eigenvalue weighted by Crippen LogP contribution is -2.47. The summed E-state index contributed by atoms with van der Waals surface area (Å²) >= 11 is 0. The zero-order valence-electron chi connectivity index (χ0n) is 15.3. The molecule has 0 aliphatic heterocycles. The zero-order valence-corrected chi connectivity index (χ0v) is 15.3. The molecular formula is C18H22FN5O4. The molecule has 3 amide bonds. The summed E-state index contributed by atoms with van der Waals surface area (Å²) in [4.78, 5) is 35.2. The minimum absolute atomic E-state index is 0.187. The van der Waals surface area contributed by atoms with Gasteiger partial charge in [0.15, 0.2) is 5.82 Å². The molecule has 2 rings (SSSR count). The van der Waals surface area contributed by atoms with Gasteiger partial charge in [0.05, 0.1) is 0 Å². The molecule has 0 saturated heterocycles. The number of benzene rings is 1. The Labute approximate surface area is 160 Å². The van der Waals surface area contributed by atoms with Crippen molar-refractivity contribution in [2.24, 2.45) is 0 Å². The number of urea groups is 1. The first-order valence-electron chi connectivity index (χ1n) is 8.72. The smallest absolute Gasteiger partial charge is 0.325 e. The average Bonchev–Trinajstić information content (AvgIpc) is 3.07. The van der Waals surface area contributed by atoms with Crippen molar-refractivity contribution in [3.8, 4) is 0 Å². The molecule has 0 radical (unpaired) electrons. The molecule has 1 heterocycles. The van der Waals surface area contributed by atoms with Crippen LogP contribution in [0.4, 0.5) is 15.0 Å². The van der Waals surface area contributed by atoms with E-state index in [1.54, 1.807) is 12.1 Å². The largest absolute Gasteiger partial charge is 0.480 e. The lowest BCUT2D eigenvalue weighted by Gasteiger charge is -2.17. The van der Waals surface area contributed by atoms with Crippen LogP contribution in [0.2, 0.25) is 0 Å². The van der Waals surface area contributed by atoms with Crippen LogP contribution in [-0.2, 0) is 22.7 Å². The molecule has 0 bridgehead atoms. The number of carboxylic acids is 1. The number of hydrogen-bond donors (Lipinski definition) is 4. The second-order valence-corrected chi connectivity index (χ2v) is 6.08. The van der Waals surface area contributed by atoms with Crippen molar-refractivity contribution in [3.63, 3.8) is 0 Å². The van der Waals surface area contributed by atoms with Gasteiger partial charge in [0.25, 0.3) is 0 Å². The summed E-state index contributed by atoms with van der Waals surface area (Å²) in [5.41, 5.74) is 0.719. The van der Waals surface area contributed by atoms with E-state index in [0.717, 1.165) is 5.56 Å². The van der Waals surface area contributed by atoms with Gasteiger partial charge in [-0.05, 0) is 24.1 Å². The van der Waals surface area contributed by atoms with Gasteiger partial charge in [-0.25, -0.2) is 9.18 Å². The fourth-order valence-electron chi connectivity index (χ4n) is 2.42. The average molecular weight is 391 g/mol. The van der Waals surface area contributed by atoms with Crippen LogP contribution in [0.15, 0.2) is 36.5 Å².